The maximum atomic E-state index is 13.2. The van der Waals surface area contributed by atoms with Crippen LogP contribution in [0.1, 0.15) is 48.9 Å². The number of carbonyl (C=O) groups is 2. The van der Waals surface area contributed by atoms with Crippen molar-refractivity contribution in [2.75, 3.05) is 25.9 Å². The highest BCUT2D eigenvalue weighted by Gasteiger charge is 2.35. The minimum atomic E-state index is -0.353. The van der Waals surface area contributed by atoms with E-state index in [0.717, 1.165) is 38.5 Å². The van der Waals surface area contributed by atoms with E-state index in [2.05, 4.69) is 5.10 Å². The largest absolute Gasteiger partial charge is 0.383 e. The van der Waals surface area contributed by atoms with Crippen molar-refractivity contribution in [3.63, 3.8) is 0 Å². The Balaban J connectivity index is 1.43. The maximum absolute atomic E-state index is 13.2. The molecule has 0 unspecified atom stereocenters. The van der Waals surface area contributed by atoms with Gasteiger partial charge in [-0.2, -0.15) is 5.10 Å². The highest BCUT2D eigenvalue weighted by molar-refractivity contribution is 6.02. The molecule has 166 valence electrons. The first kappa shape index (κ1) is 21.5. The second kappa shape index (κ2) is 9.18. The lowest BCUT2D eigenvalue weighted by Gasteiger charge is -2.36. The molecule has 1 aliphatic carbocycles. The van der Waals surface area contributed by atoms with Crippen LogP contribution in [0.2, 0.25) is 0 Å². The zero-order valence-corrected chi connectivity index (χ0v) is 17.8. The van der Waals surface area contributed by atoms with E-state index in [0.29, 0.717) is 24.3 Å². The third kappa shape index (κ3) is 4.49. The Kier molecular flexibility index (Phi) is 6.36. The van der Waals surface area contributed by atoms with Gasteiger partial charge in [0.15, 0.2) is 5.78 Å². The second-order valence-electron chi connectivity index (χ2n) is 8.53. The number of nitrogens with two attached hydrogens (primary N) is 1. The molecule has 1 saturated heterocycles. The number of Topliss-reactive ketones (excluding diaryl/α,β-unsaturated/α-hetero) is 1. The van der Waals surface area contributed by atoms with Crippen molar-refractivity contribution < 1.29 is 18.7 Å². The standard InChI is InChI=1S/C23H29FN4O3/c1-31-19-10-4-15(5-11-19)23(30)27-12-2-3-16(14-27)21(29)20-13-26-28(22(20)25)18-8-6-17(24)7-9-18/h6-9,13,15-16,19H,2-5,10-12,14,25H2,1H3/t15?,16-,19?/m1/s1. The molecule has 2 N–H and O–H groups in total. The monoisotopic (exact) mass is 428 g/mol. The van der Waals surface area contributed by atoms with E-state index < -0.39 is 0 Å². The van der Waals surface area contributed by atoms with Gasteiger partial charge in [-0.05, 0) is 62.8 Å². The van der Waals surface area contributed by atoms with Gasteiger partial charge in [0.2, 0.25) is 5.91 Å². The van der Waals surface area contributed by atoms with Gasteiger partial charge >= 0.3 is 0 Å². The molecule has 1 atom stereocenters. The number of nitrogens with zero attached hydrogens (tertiary/aromatic N) is 3. The summed E-state index contributed by atoms with van der Waals surface area (Å²) < 4.78 is 20.0. The maximum Gasteiger partial charge on any atom is 0.225 e. The summed E-state index contributed by atoms with van der Waals surface area (Å²) in [4.78, 5) is 28.1. The van der Waals surface area contributed by atoms with Gasteiger partial charge in [0.25, 0.3) is 0 Å². The average Bonchev–Trinajstić information content (AvgIpc) is 3.20. The number of amides is 1. The lowest BCUT2D eigenvalue weighted by atomic mass is 9.85. The van der Waals surface area contributed by atoms with Crippen molar-refractivity contribution in [2.45, 2.75) is 44.6 Å². The van der Waals surface area contributed by atoms with Gasteiger partial charge < -0.3 is 15.4 Å². The highest BCUT2D eigenvalue weighted by Crippen LogP contribution is 2.30. The number of ether oxygens (including phenoxy) is 1. The van der Waals surface area contributed by atoms with Gasteiger partial charge in [-0.3, -0.25) is 9.59 Å². The fourth-order valence-electron chi connectivity index (χ4n) is 4.75. The van der Waals surface area contributed by atoms with Crippen LogP contribution < -0.4 is 5.73 Å². The first-order valence-corrected chi connectivity index (χ1v) is 10.9. The molecule has 1 amide bonds. The zero-order valence-electron chi connectivity index (χ0n) is 17.8. The Bertz CT molecular complexity index is 935. The van der Waals surface area contributed by atoms with Crippen molar-refractivity contribution in [1.29, 1.82) is 0 Å². The number of hydrogen-bond donors (Lipinski definition) is 1. The second-order valence-corrected chi connectivity index (χ2v) is 8.53. The van der Waals surface area contributed by atoms with Gasteiger partial charge in [0.05, 0.1) is 23.6 Å². The lowest BCUT2D eigenvalue weighted by molar-refractivity contribution is -0.138. The van der Waals surface area contributed by atoms with Crippen LogP contribution in [0, 0.1) is 17.7 Å². The third-order valence-corrected chi connectivity index (χ3v) is 6.60. The van der Waals surface area contributed by atoms with Crippen LogP contribution in [-0.2, 0) is 9.53 Å². The molecule has 2 aliphatic rings. The summed E-state index contributed by atoms with van der Waals surface area (Å²) in [5.74, 6) is -0.326. The topological polar surface area (TPSA) is 90.5 Å². The number of rotatable bonds is 5. The number of carbonyl (C=O) groups excluding carboxylic acids is 2. The molecule has 1 saturated carbocycles. The normalized spacial score (nSPS) is 24.2. The fraction of sp³-hybridized carbons (Fsp3) is 0.522. The van der Waals surface area contributed by atoms with E-state index in [1.807, 2.05) is 4.90 Å². The Labute approximate surface area is 181 Å². The van der Waals surface area contributed by atoms with Crippen molar-refractivity contribution in [3.05, 3.63) is 41.8 Å². The molecule has 1 aromatic carbocycles. The number of piperidine rings is 1. The summed E-state index contributed by atoms with van der Waals surface area (Å²) >= 11 is 0. The Morgan fingerprint density at radius 2 is 1.81 bits per heavy atom. The van der Waals surface area contributed by atoms with Crippen LogP contribution in [0.15, 0.2) is 30.5 Å². The van der Waals surface area contributed by atoms with E-state index in [9.17, 15) is 14.0 Å². The van der Waals surface area contributed by atoms with Crippen molar-refractivity contribution in [3.8, 4) is 5.69 Å². The number of halogens is 1. The van der Waals surface area contributed by atoms with Crippen LogP contribution in [-0.4, -0.2) is 52.7 Å². The number of anilines is 1. The van der Waals surface area contributed by atoms with Gasteiger partial charge in [0, 0.05) is 32.0 Å². The van der Waals surface area contributed by atoms with E-state index in [1.165, 1.54) is 23.0 Å². The lowest BCUT2D eigenvalue weighted by Crippen LogP contribution is -2.45. The predicted molar refractivity (Wildman–Crippen MR) is 114 cm³/mol. The number of methoxy groups -OCH3 is 1. The summed E-state index contributed by atoms with van der Waals surface area (Å²) in [7, 11) is 1.72. The molecule has 2 fully saturated rings. The van der Waals surface area contributed by atoms with Gasteiger partial charge in [-0.15, -0.1) is 0 Å². The number of likely N-dealkylation sites (tertiary alicyclic amines) is 1. The molecule has 1 aromatic heterocycles. The number of hydrogen-bond acceptors (Lipinski definition) is 5. The summed E-state index contributed by atoms with van der Waals surface area (Å²) in [6.45, 7) is 1.11. The number of aromatic nitrogens is 2. The average molecular weight is 429 g/mol. The molecular formula is C23H29FN4O3. The fourth-order valence-corrected chi connectivity index (χ4v) is 4.75. The van der Waals surface area contributed by atoms with Crippen LogP contribution in [0.25, 0.3) is 5.69 Å². The highest BCUT2D eigenvalue weighted by atomic mass is 19.1. The predicted octanol–water partition coefficient (Wildman–Crippen LogP) is 3.22. The van der Waals surface area contributed by atoms with Crippen molar-refractivity contribution in [1.82, 2.24) is 14.7 Å². The van der Waals surface area contributed by atoms with Gasteiger partial charge in [-0.1, -0.05) is 0 Å². The summed E-state index contributed by atoms with van der Waals surface area (Å²) in [6, 6.07) is 5.77. The molecule has 0 radical (unpaired) electrons. The molecule has 31 heavy (non-hydrogen) atoms. The van der Waals surface area contributed by atoms with Crippen molar-refractivity contribution >= 4 is 17.5 Å². The quantitative estimate of drug-likeness (QED) is 0.739. The molecule has 0 bridgehead atoms. The summed E-state index contributed by atoms with van der Waals surface area (Å²) in [5.41, 5.74) is 7.15. The minimum Gasteiger partial charge on any atom is -0.383 e. The first-order chi connectivity index (χ1) is 15.0. The summed E-state index contributed by atoms with van der Waals surface area (Å²) in [6.07, 6.45) is 6.72. The zero-order chi connectivity index (χ0) is 22.0. The first-order valence-electron chi connectivity index (χ1n) is 10.9. The van der Waals surface area contributed by atoms with E-state index in [-0.39, 0.29) is 41.3 Å². The van der Waals surface area contributed by atoms with Gasteiger partial charge in [0.1, 0.15) is 11.6 Å². The Morgan fingerprint density at radius 3 is 2.48 bits per heavy atom. The van der Waals surface area contributed by atoms with E-state index >= 15 is 0 Å². The molecular weight excluding hydrogens is 399 g/mol. The van der Waals surface area contributed by atoms with Crippen LogP contribution >= 0.6 is 0 Å². The Hall–Kier alpha value is -2.74. The molecule has 8 heteroatoms. The molecule has 0 spiro atoms. The number of benzene rings is 1. The molecule has 7 nitrogen and oxygen atoms in total. The third-order valence-electron chi connectivity index (χ3n) is 6.60. The van der Waals surface area contributed by atoms with Crippen molar-refractivity contribution in [2.24, 2.45) is 11.8 Å². The van der Waals surface area contributed by atoms with Crippen LogP contribution in [0.5, 0.6) is 0 Å². The summed E-state index contributed by atoms with van der Waals surface area (Å²) in [5, 5.41) is 4.23. The minimum absolute atomic E-state index is 0.0200. The van der Waals surface area contributed by atoms with Crippen LogP contribution in [0.3, 0.4) is 0 Å². The Morgan fingerprint density at radius 1 is 1.10 bits per heavy atom. The molecule has 4 rings (SSSR count). The molecule has 1 aliphatic heterocycles. The van der Waals surface area contributed by atoms with Crippen LogP contribution in [0.4, 0.5) is 10.2 Å². The smallest absolute Gasteiger partial charge is 0.225 e. The van der Waals surface area contributed by atoms with E-state index in [4.69, 9.17) is 10.5 Å². The van der Waals surface area contributed by atoms with Gasteiger partial charge in [-0.25, -0.2) is 9.07 Å². The molecule has 2 aromatic rings. The molecule has 2 heterocycles. The van der Waals surface area contributed by atoms with E-state index in [1.54, 1.807) is 19.2 Å². The SMILES string of the molecule is COC1CCC(C(=O)N2CCC[C@@H](C(=O)c3cnn(-c4ccc(F)cc4)c3N)C2)CC1. The number of ketones is 1. The number of nitrogen functional groups attached to an aromatic ring is 1.